The molecule has 1 nitrogen and oxygen atoms in total. The van der Waals surface area contributed by atoms with Crippen molar-refractivity contribution in [2.45, 2.75) is 0 Å². The quantitative estimate of drug-likeness (QED) is 0.172. The minimum Gasteiger partial charge on any atom is -0.456 e. The van der Waals surface area contributed by atoms with Crippen LogP contribution >= 0.6 is 15.9 Å². The molecule has 0 aliphatic heterocycles. The molecule has 0 atom stereocenters. The molecular formula is C36H19BrO. The van der Waals surface area contributed by atoms with Gasteiger partial charge in [-0.3, -0.25) is 0 Å². The lowest BCUT2D eigenvalue weighted by Gasteiger charge is -2.12. The summed E-state index contributed by atoms with van der Waals surface area (Å²) in [5, 5.41) is 17.4. The largest absolute Gasteiger partial charge is 0.456 e. The molecule has 2 heteroatoms. The van der Waals surface area contributed by atoms with Crippen LogP contribution < -0.4 is 0 Å². The summed E-state index contributed by atoms with van der Waals surface area (Å²) in [6.07, 6.45) is 0. The van der Waals surface area contributed by atoms with E-state index < -0.39 is 0 Å². The van der Waals surface area contributed by atoms with E-state index in [9.17, 15) is 0 Å². The molecule has 0 aliphatic carbocycles. The second-order valence-corrected chi connectivity index (χ2v) is 11.0. The van der Waals surface area contributed by atoms with Crippen LogP contribution in [-0.4, -0.2) is 0 Å². The fourth-order valence-electron chi connectivity index (χ4n) is 6.62. The van der Waals surface area contributed by atoms with E-state index in [0.29, 0.717) is 0 Å². The smallest absolute Gasteiger partial charge is 0.137 e. The number of furan rings is 1. The molecule has 0 aliphatic rings. The maximum absolute atomic E-state index is 6.64. The summed E-state index contributed by atoms with van der Waals surface area (Å²) < 4.78 is 7.69. The highest BCUT2D eigenvalue weighted by Crippen LogP contribution is 2.47. The van der Waals surface area contributed by atoms with Gasteiger partial charge in [0.1, 0.15) is 11.2 Å². The van der Waals surface area contributed by atoms with Crippen molar-refractivity contribution < 1.29 is 4.42 Å². The molecule has 0 unspecified atom stereocenters. The third kappa shape index (κ3) is 2.60. The molecule has 1 aromatic heterocycles. The van der Waals surface area contributed by atoms with Crippen LogP contribution in [0.3, 0.4) is 0 Å². The maximum Gasteiger partial charge on any atom is 0.137 e. The zero-order valence-corrected chi connectivity index (χ0v) is 21.8. The number of benzene rings is 8. The number of fused-ring (bicyclic) bond motifs is 15. The molecule has 0 spiro atoms. The first-order chi connectivity index (χ1) is 18.8. The molecule has 0 bridgehead atoms. The van der Waals surface area contributed by atoms with Gasteiger partial charge in [0.15, 0.2) is 0 Å². The van der Waals surface area contributed by atoms with Gasteiger partial charge in [0, 0.05) is 26.0 Å². The molecule has 0 saturated carbocycles. The minimum absolute atomic E-state index is 0.907. The Morgan fingerprint density at radius 2 is 0.868 bits per heavy atom. The standard InChI is InChI=1S/C36H19BrO/c37-28-19-30-36(34-27(28)17-15-23-12-10-21-6-2-4-8-26(21)32(23)34)35-29(38-30)18-16-24-14-13-22-11-9-20-5-1-3-7-25(20)31(22)33(24)35/h1-19H. The van der Waals surface area contributed by atoms with E-state index in [0.717, 1.165) is 15.6 Å². The van der Waals surface area contributed by atoms with E-state index in [1.807, 2.05) is 0 Å². The number of hydrogen-bond donors (Lipinski definition) is 0. The monoisotopic (exact) mass is 546 g/mol. The normalized spacial score (nSPS) is 12.3. The van der Waals surface area contributed by atoms with Crippen molar-refractivity contribution in [1.29, 1.82) is 0 Å². The van der Waals surface area contributed by atoms with E-state index in [2.05, 4.69) is 131 Å². The second-order valence-electron chi connectivity index (χ2n) is 10.2. The Bertz CT molecular complexity index is 2460. The molecule has 176 valence electrons. The van der Waals surface area contributed by atoms with Gasteiger partial charge in [-0.05, 0) is 66.0 Å². The molecule has 0 N–H and O–H groups in total. The molecule has 0 fully saturated rings. The van der Waals surface area contributed by atoms with Crippen molar-refractivity contribution in [3.8, 4) is 0 Å². The molecule has 0 amide bonds. The molecule has 9 aromatic rings. The average Bonchev–Trinajstić information content (AvgIpc) is 3.34. The second kappa shape index (κ2) is 7.34. The van der Waals surface area contributed by atoms with E-state index in [1.165, 1.54) is 75.4 Å². The zero-order valence-electron chi connectivity index (χ0n) is 20.3. The SMILES string of the molecule is Brc1cc2oc3ccc4ccc5ccc6ccccc6c5c4c3c2c2c1ccc1ccc3ccccc3c12. The van der Waals surface area contributed by atoms with Gasteiger partial charge in [-0.1, -0.05) is 119 Å². The molecule has 1 heterocycles. The first-order valence-electron chi connectivity index (χ1n) is 12.9. The molecule has 0 radical (unpaired) electrons. The highest BCUT2D eigenvalue weighted by atomic mass is 79.9. The number of halogens is 1. The van der Waals surface area contributed by atoms with Gasteiger partial charge < -0.3 is 4.42 Å². The summed E-state index contributed by atoms with van der Waals surface area (Å²) in [5.41, 5.74) is 1.83. The highest BCUT2D eigenvalue weighted by Gasteiger charge is 2.20. The Hall–Kier alpha value is -4.40. The summed E-state index contributed by atoms with van der Waals surface area (Å²) in [7, 11) is 0. The van der Waals surface area contributed by atoms with Crippen molar-refractivity contribution in [3.63, 3.8) is 0 Å². The predicted molar refractivity (Wildman–Crippen MR) is 166 cm³/mol. The van der Waals surface area contributed by atoms with Crippen LogP contribution in [0.4, 0.5) is 0 Å². The topological polar surface area (TPSA) is 13.1 Å². The van der Waals surface area contributed by atoms with Gasteiger partial charge in [0.2, 0.25) is 0 Å². The fraction of sp³-hybridized carbons (Fsp3) is 0. The number of hydrogen-bond acceptors (Lipinski definition) is 1. The summed E-state index contributed by atoms with van der Waals surface area (Å²) in [6.45, 7) is 0. The van der Waals surface area contributed by atoms with Gasteiger partial charge >= 0.3 is 0 Å². The van der Waals surface area contributed by atoms with Gasteiger partial charge in [-0.2, -0.15) is 0 Å². The lowest BCUT2D eigenvalue weighted by molar-refractivity contribution is 0.669. The van der Waals surface area contributed by atoms with Crippen LogP contribution in [-0.2, 0) is 0 Å². The van der Waals surface area contributed by atoms with Crippen molar-refractivity contribution >= 4 is 103 Å². The molecule has 9 rings (SSSR count). The van der Waals surface area contributed by atoms with Crippen LogP contribution in [0.5, 0.6) is 0 Å². The maximum atomic E-state index is 6.64. The van der Waals surface area contributed by atoms with Crippen LogP contribution in [0, 0.1) is 0 Å². The van der Waals surface area contributed by atoms with Crippen molar-refractivity contribution in [2.24, 2.45) is 0 Å². The Balaban J connectivity index is 1.67. The van der Waals surface area contributed by atoms with Gasteiger partial charge in [0.05, 0.1) is 0 Å². The molecular weight excluding hydrogens is 528 g/mol. The van der Waals surface area contributed by atoms with Crippen LogP contribution in [0.1, 0.15) is 0 Å². The molecule has 8 aromatic carbocycles. The van der Waals surface area contributed by atoms with Crippen LogP contribution in [0.2, 0.25) is 0 Å². The Kier molecular flexibility index (Phi) is 3.99. The third-order valence-electron chi connectivity index (χ3n) is 8.24. The first-order valence-corrected chi connectivity index (χ1v) is 13.7. The summed E-state index contributed by atoms with van der Waals surface area (Å²) in [4.78, 5) is 0. The first kappa shape index (κ1) is 20.6. The molecule has 38 heavy (non-hydrogen) atoms. The predicted octanol–water partition coefficient (Wildman–Crippen LogP) is 11.3. The summed E-state index contributed by atoms with van der Waals surface area (Å²) in [6, 6.07) is 41.8. The fourth-order valence-corrected chi connectivity index (χ4v) is 7.16. The van der Waals surface area contributed by atoms with Crippen molar-refractivity contribution in [3.05, 3.63) is 120 Å². The summed E-state index contributed by atoms with van der Waals surface area (Å²) in [5.74, 6) is 0. The lowest BCUT2D eigenvalue weighted by atomic mass is 9.90. The summed E-state index contributed by atoms with van der Waals surface area (Å²) >= 11 is 3.89. The Morgan fingerprint density at radius 3 is 1.55 bits per heavy atom. The van der Waals surface area contributed by atoms with Crippen molar-refractivity contribution in [2.75, 3.05) is 0 Å². The van der Waals surface area contributed by atoms with Gasteiger partial charge in [-0.25, -0.2) is 0 Å². The Labute approximate surface area is 226 Å². The Morgan fingerprint density at radius 1 is 0.368 bits per heavy atom. The van der Waals surface area contributed by atoms with E-state index >= 15 is 0 Å². The van der Waals surface area contributed by atoms with Crippen LogP contribution in [0.25, 0.3) is 86.6 Å². The third-order valence-corrected chi connectivity index (χ3v) is 8.90. The number of rotatable bonds is 0. The van der Waals surface area contributed by atoms with Gasteiger partial charge in [0.25, 0.3) is 0 Å². The van der Waals surface area contributed by atoms with Crippen LogP contribution in [0.15, 0.2) is 124 Å². The zero-order chi connectivity index (χ0) is 25.0. The van der Waals surface area contributed by atoms with Gasteiger partial charge in [-0.15, -0.1) is 0 Å². The highest BCUT2D eigenvalue weighted by molar-refractivity contribution is 9.10. The lowest BCUT2D eigenvalue weighted by Crippen LogP contribution is -1.85. The van der Waals surface area contributed by atoms with E-state index in [1.54, 1.807) is 0 Å². The van der Waals surface area contributed by atoms with E-state index in [4.69, 9.17) is 4.42 Å². The molecule has 0 saturated heterocycles. The average molecular weight is 547 g/mol. The van der Waals surface area contributed by atoms with Crippen molar-refractivity contribution in [1.82, 2.24) is 0 Å². The van der Waals surface area contributed by atoms with E-state index in [-0.39, 0.29) is 0 Å². The minimum atomic E-state index is 0.907.